The van der Waals surface area contributed by atoms with Gasteiger partial charge < -0.3 is 5.32 Å². The molecule has 1 saturated carbocycles. The average molecular weight is 337 g/mol. The minimum Gasteiger partial charge on any atom is -0.365 e. The van der Waals surface area contributed by atoms with Crippen molar-refractivity contribution in [3.05, 3.63) is 59.3 Å². The zero-order chi connectivity index (χ0) is 17.2. The van der Waals surface area contributed by atoms with Gasteiger partial charge in [-0.3, -0.25) is 4.98 Å². The lowest BCUT2D eigenvalue weighted by atomic mass is 9.77. The lowest BCUT2D eigenvalue weighted by Crippen LogP contribution is -2.16. The molecule has 1 N–H and O–H groups in total. The highest BCUT2D eigenvalue weighted by Gasteiger charge is 2.32. The van der Waals surface area contributed by atoms with Gasteiger partial charge in [0.1, 0.15) is 11.6 Å². The van der Waals surface area contributed by atoms with E-state index in [-0.39, 0.29) is 5.82 Å². The maximum Gasteiger partial charge on any atom is 0.144 e. The summed E-state index contributed by atoms with van der Waals surface area (Å²) in [7, 11) is 0. The quantitative estimate of drug-likeness (QED) is 0.832. The third-order valence-electron chi connectivity index (χ3n) is 5.75. The first kappa shape index (κ1) is 16.2. The van der Waals surface area contributed by atoms with Crippen LogP contribution in [0.15, 0.2) is 42.2 Å². The Kier molecular flexibility index (Phi) is 4.51. The predicted molar refractivity (Wildman–Crippen MR) is 98.4 cm³/mol. The highest BCUT2D eigenvalue weighted by atomic mass is 19.1. The van der Waals surface area contributed by atoms with Crippen LogP contribution in [0.2, 0.25) is 0 Å². The van der Waals surface area contributed by atoms with Crippen molar-refractivity contribution >= 4 is 11.4 Å². The third-order valence-corrected chi connectivity index (χ3v) is 5.75. The molecule has 1 aromatic carbocycles. The fourth-order valence-corrected chi connectivity index (χ4v) is 4.33. The van der Waals surface area contributed by atoms with Crippen molar-refractivity contribution in [1.82, 2.24) is 9.97 Å². The number of fused-ring (bicyclic) bond motifs is 1. The number of hydrogen-bond donors (Lipinski definition) is 1. The molecule has 2 aromatic rings. The molecule has 25 heavy (non-hydrogen) atoms. The molecule has 1 heterocycles. The largest absolute Gasteiger partial charge is 0.365 e. The lowest BCUT2D eigenvalue weighted by Gasteiger charge is -2.28. The number of aromatic nitrogens is 2. The maximum atomic E-state index is 13.7. The summed E-state index contributed by atoms with van der Waals surface area (Å²) < 4.78 is 13.7. The lowest BCUT2D eigenvalue weighted by molar-refractivity contribution is 0.376. The van der Waals surface area contributed by atoms with Crippen LogP contribution < -0.4 is 5.32 Å². The second-order valence-electron chi connectivity index (χ2n) is 7.35. The third kappa shape index (κ3) is 3.44. The average Bonchev–Trinajstić information content (AvgIpc) is 3.08. The summed E-state index contributed by atoms with van der Waals surface area (Å²) >= 11 is 0. The molecule has 3 nitrogen and oxygen atoms in total. The summed E-state index contributed by atoms with van der Waals surface area (Å²) in [6.45, 7) is 2.65. The molecule has 0 bridgehead atoms. The molecule has 2 unspecified atom stereocenters. The van der Waals surface area contributed by atoms with Gasteiger partial charge in [-0.05, 0) is 56.1 Å². The first-order valence-corrected chi connectivity index (χ1v) is 9.19. The Morgan fingerprint density at radius 1 is 1.08 bits per heavy atom. The van der Waals surface area contributed by atoms with E-state index in [1.165, 1.54) is 42.9 Å². The van der Waals surface area contributed by atoms with E-state index >= 15 is 0 Å². The van der Waals surface area contributed by atoms with E-state index < -0.39 is 0 Å². The minimum atomic E-state index is -0.200. The summed E-state index contributed by atoms with van der Waals surface area (Å²) in [5.74, 6) is 2.20. The summed E-state index contributed by atoms with van der Waals surface area (Å²) in [6.07, 6.45) is 10.1. The van der Waals surface area contributed by atoms with Crippen LogP contribution in [0.4, 0.5) is 10.2 Å². The predicted octanol–water partition coefficient (Wildman–Crippen LogP) is 5.21. The van der Waals surface area contributed by atoms with Crippen molar-refractivity contribution < 1.29 is 4.39 Å². The normalized spacial score (nSPS) is 22.8. The number of nitrogens with one attached hydrogen (secondary N) is 1. The van der Waals surface area contributed by atoms with Crippen molar-refractivity contribution in [3.63, 3.8) is 0 Å². The zero-order valence-electron chi connectivity index (χ0n) is 14.6. The number of hydrogen-bond acceptors (Lipinski definition) is 3. The van der Waals surface area contributed by atoms with Gasteiger partial charge in [0.25, 0.3) is 0 Å². The van der Waals surface area contributed by atoms with Gasteiger partial charge in [0.2, 0.25) is 0 Å². The van der Waals surface area contributed by atoms with Gasteiger partial charge >= 0.3 is 0 Å². The number of rotatable bonds is 4. The summed E-state index contributed by atoms with van der Waals surface area (Å²) in [5, 5.41) is 3.15. The molecule has 0 saturated heterocycles. The van der Waals surface area contributed by atoms with Crippen molar-refractivity contribution in [2.45, 2.75) is 45.6 Å². The van der Waals surface area contributed by atoms with E-state index in [1.54, 1.807) is 18.3 Å². The fourth-order valence-electron chi connectivity index (χ4n) is 4.33. The number of halogens is 1. The van der Waals surface area contributed by atoms with Crippen LogP contribution >= 0.6 is 0 Å². The monoisotopic (exact) mass is 337 g/mol. The molecule has 2 atom stereocenters. The molecule has 130 valence electrons. The van der Waals surface area contributed by atoms with E-state index in [0.717, 1.165) is 24.0 Å². The summed E-state index contributed by atoms with van der Waals surface area (Å²) in [5.41, 5.74) is 4.49. The first-order chi connectivity index (χ1) is 12.2. The molecule has 0 aliphatic heterocycles. The van der Waals surface area contributed by atoms with Gasteiger partial charge in [0.15, 0.2) is 0 Å². The van der Waals surface area contributed by atoms with Gasteiger partial charge in [0, 0.05) is 12.1 Å². The highest BCUT2D eigenvalue weighted by molar-refractivity contribution is 5.66. The molecule has 0 amide bonds. The van der Waals surface area contributed by atoms with Gasteiger partial charge in [-0.1, -0.05) is 30.2 Å². The second kappa shape index (κ2) is 6.95. The van der Waals surface area contributed by atoms with Crippen LogP contribution in [-0.2, 0) is 6.54 Å². The Morgan fingerprint density at radius 2 is 1.88 bits per heavy atom. The van der Waals surface area contributed by atoms with E-state index in [9.17, 15) is 4.39 Å². The van der Waals surface area contributed by atoms with Crippen LogP contribution in [0, 0.1) is 17.7 Å². The molecule has 2 aliphatic rings. The molecular formula is C21H24FN3. The van der Waals surface area contributed by atoms with Crippen LogP contribution in [0.25, 0.3) is 5.57 Å². The summed E-state index contributed by atoms with van der Waals surface area (Å²) in [6, 6.07) is 6.78. The van der Waals surface area contributed by atoms with Crippen molar-refractivity contribution in [2.24, 2.45) is 11.8 Å². The van der Waals surface area contributed by atoms with E-state index in [1.807, 2.05) is 12.3 Å². The Bertz CT molecular complexity index is 782. The highest BCUT2D eigenvalue weighted by Crippen LogP contribution is 2.46. The maximum absolute atomic E-state index is 13.7. The Balaban J connectivity index is 1.45. The smallest absolute Gasteiger partial charge is 0.144 e. The van der Waals surface area contributed by atoms with E-state index in [4.69, 9.17) is 0 Å². The van der Waals surface area contributed by atoms with Crippen LogP contribution in [-0.4, -0.2) is 9.97 Å². The standard InChI is InChI=1S/C21H24FN3/c1-14-9-15-6-4-7-16(15)10-18(14)20-12-25-21(13-23-20)24-11-17-5-2-3-8-19(17)22/h2-3,5,8,12-13,15-16H,4,6-7,9-11H2,1H3,(H,24,25). The topological polar surface area (TPSA) is 37.8 Å². The van der Waals surface area contributed by atoms with Crippen LogP contribution in [0.5, 0.6) is 0 Å². The van der Waals surface area contributed by atoms with Crippen LogP contribution in [0.3, 0.4) is 0 Å². The minimum absolute atomic E-state index is 0.200. The Morgan fingerprint density at radius 3 is 2.64 bits per heavy atom. The molecule has 0 radical (unpaired) electrons. The summed E-state index contributed by atoms with van der Waals surface area (Å²) in [4.78, 5) is 9.11. The molecule has 0 spiro atoms. The molecule has 2 aliphatic carbocycles. The number of allylic oxidation sites excluding steroid dienone is 2. The Hall–Kier alpha value is -2.23. The van der Waals surface area contributed by atoms with E-state index in [0.29, 0.717) is 17.9 Å². The van der Waals surface area contributed by atoms with E-state index in [2.05, 4.69) is 22.2 Å². The Labute approximate surface area is 148 Å². The fraction of sp³-hybridized carbons (Fsp3) is 0.429. The second-order valence-corrected chi connectivity index (χ2v) is 7.35. The molecular weight excluding hydrogens is 313 g/mol. The SMILES string of the molecule is CC1=C(c2cnc(NCc3ccccc3F)cn2)CC2CCCC2C1. The number of anilines is 1. The van der Waals surface area contributed by atoms with Crippen molar-refractivity contribution in [2.75, 3.05) is 5.32 Å². The molecule has 4 rings (SSSR count). The number of benzene rings is 1. The zero-order valence-corrected chi connectivity index (χ0v) is 14.6. The van der Waals surface area contributed by atoms with Gasteiger partial charge in [-0.2, -0.15) is 0 Å². The van der Waals surface area contributed by atoms with Gasteiger partial charge in [-0.25, -0.2) is 9.37 Å². The van der Waals surface area contributed by atoms with Crippen LogP contribution in [0.1, 0.15) is 50.3 Å². The van der Waals surface area contributed by atoms with Crippen molar-refractivity contribution in [3.8, 4) is 0 Å². The molecule has 4 heteroatoms. The number of nitrogens with zero attached hydrogens (tertiary/aromatic N) is 2. The molecule has 1 fully saturated rings. The van der Waals surface area contributed by atoms with Gasteiger partial charge in [0.05, 0.1) is 18.1 Å². The first-order valence-electron chi connectivity index (χ1n) is 9.19. The molecule has 1 aromatic heterocycles. The van der Waals surface area contributed by atoms with Gasteiger partial charge in [-0.15, -0.1) is 0 Å². The van der Waals surface area contributed by atoms with Crippen molar-refractivity contribution in [1.29, 1.82) is 0 Å².